The van der Waals surface area contributed by atoms with Gasteiger partial charge in [0.15, 0.2) is 5.16 Å². The molecule has 0 atom stereocenters. The number of benzene rings is 2. The monoisotopic (exact) mass is 485 g/mol. The Morgan fingerprint density at radius 3 is 2.73 bits per heavy atom. The van der Waals surface area contributed by atoms with E-state index in [1.807, 2.05) is 6.07 Å². The summed E-state index contributed by atoms with van der Waals surface area (Å²) in [5.74, 6) is -0.317. The van der Waals surface area contributed by atoms with E-state index in [1.165, 1.54) is 23.9 Å². The van der Waals surface area contributed by atoms with Crippen molar-refractivity contribution in [2.24, 2.45) is 0 Å². The Balaban J connectivity index is 1.44. The molecule has 0 unspecified atom stereocenters. The fourth-order valence-corrected chi connectivity index (χ4v) is 4.84. The van der Waals surface area contributed by atoms with Crippen molar-refractivity contribution in [3.8, 4) is 0 Å². The number of rotatable bonds is 9. The Morgan fingerprint density at radius 2 is 1.94 bits per heavy atom. The van der Waals surface area contributed by atoms with Gasteiger partial charge in [0, 0.05) is 19.7 Å². The molecule has 0 fully saturated rings. The molecule has 0 aliphatic carbocycles. The summed E-state index contributed by atoms with van der Waals surface area (Å²) in [6.07, 6.45) is 0.435. The first-order valence-electron chi connectivity index (χ1n) is 10.1. The van der Waals surface area contributed by atoms with Gasteiger partial charge in [0.05, 0.1) is 16.7 Å². The van der Waals surface area contributed by atoms with E-state index in [1.54, 1.807) is 34.9 Å². The summed E-state index contributed by atoms with van der Waals surface area (Å²) < 4.78 is 14.5. The van der Waals surface area contributed by atoms with Gasteiger partial charge in [-0.3, -0.25) is 14.2 Å². The molecule has 0 bridgehead atoms. The first kappa shape index (κ1) is 23.0. The molecule has 0 aliphatic rings. The van der Waals surface area contributed by atoms with E-state index in [0.717, 1.165) is 16.9 Å². The van der Waals surface area contributed by atoms with Gasteiger partial charge >= 0.3 is 0 Å². The Morgan fingerprint density at radius 1 is 1.15 bits per heavy atom. The number of hydrogen-bond donors (Lipinski definition) is 2. The molecule has 0 saturated carbocycles. The van der Waals surface area contributed by atoms with Crippen LogP contribution in [0, 0.1) is 5.82 Å². The van der Waals surface area contributed by atoms with Crippen LogP contribution < -0.4 is 10.9 Å². The lowest BCUT2D eigenvalue weighted by Crippen LogP contribution is -2.24. The summed E-state index contributed by atoms with van der Waals surface area (Å²) in [5, 5.41) is 21.8. The predicted octanol–water partition coefficient (Wildman–Crippen LogP) is 2.99. The molecule has 4 aromatic rings. The lowest BCUT2D eigenvalue weighted by molar-refractivity contribution is 0.0950. The Kier molecular flexibility index (Phi) is 7.43. The van der Waals surface area contributed by atoms with Crippen molar-refractivity contribution < 1.29 is 14.3 Å². The summed E-state index contributed by atoms with van der Waals surface area (Å²) in [4.78, 5) is 29.9. The Labute approximate surface area is 196 Å². The van der Waals surface area contributed by atoms with E-state index in [2.05, 4.69) is 20.5 Å². The maximum Gasteiger partial charge on any atom is 0.282 e. The van der Waals surface area contributed by atoms with Crippen LogP contribution in [0.3, 0.4) is 0 Å². The largest absolute Gasteiger partial charge is 0.396 e. The first-order chi connectivity index (χ1) is 16.0. The maximum absolute atomic E-state index is 13.0. The maximum atomic E-state index is 13.0. The van der Waals surface area contributed by atoms with E-state index >= 15 is 0 Å². The minimum absolute atomic E-state index is 0.0316. The molecule has 2 heterocycles. The van der Waals surface area contributed by atoms with Crippen molar-refractivity contribution in [1.29, 1.82) is 0 Å². The molecule has 11 heteroatoms. The van der Waals surface area contributed by atoms with E-state index < -0.39 is 0 Å². The highest BCUT2D eigenvalue weighted by molar-refractivity contribution is 7.98. The van der Waals surface area contributed by atoms with E-state index in [4.69, 9.17) is 0 Å². The highest BCUT2D eigenvalue weighted by atomic mass is 32.2. The molecular weight excluding hydrogens is 465 g/mol. The van der Waals surface area contributed by atoms with Crippen LogP contribution in [0.2, 0.25) is 0 Å². The predicted molar refractivity (Wildman–Crippen MR) is 125 cm³/mol. The first-order valence-corrected chi connectivity index (χ1v) is 11.9. The fraction of sp³-hybridized carbons (Fsp3) is 0.227. The van der Waals surface area contributed by atoms with Crippen LogP contribution in [-0.4, -0.2) is 37.4 Å². The van der Waals surface area contributed by atoms with Crippen LogP contribution in [0.25, 0.3) is 10.9 Å². The van der Waals surface area contributed by atoms with Gasteiger partial charge in [-0.05, 0) is 36.2 Å². The van der Waals surface area contributed by atoms with E-state index in [-0.39, 0.29) is 35.4 Å². The standard InChI is InChI=1S/C22H20FN5O3S2/c23-15-8-6-14(7-9-15)12-24-19(30)20-27-26-18(33-20)13-32-22-25-17-5-2-1-4-16(17)21(31)28(22)10-3-11-29/h1-2,4-9,29H,3,10-13H2,(H,24,30). The zero-order valence-corrected chi connectivity index (χ0v) is 19.0. The van der Waals surface area contributed by atoms with Gasteiger partial charge in [-0.1, -0.05) is 47.4 Å². The summed E-state index contributed by atoms with van der Waals surface area (Å²) in [6.45, 7) is 0.569. The number of hydrogen-bond acceptors (Lipinski definition) is 8. The molecule has 4 rings (SSSR count). The number of aliphatic hydroxyl groups excluding tert-OH is 1. The van der Waals surface area contributed by atoms with Crippen LogP contribution in [0.15, 0.2) is 58.5 Å². The van der Waals surface area contributed by atoms with Crippen molar-refractivity contribution >= 4 is 39.9 Å². The van der Waals surface area contributed by atoms with E-state index in [0.29, 0.717) is 39.8 Å². The number of halogens is 1. The quantitative estimate of drug-likeness (QED) is 0.277. The normalized spacial score (nSPS) is 11.1. The molecular formula is C22H20FN5O3S2. The molecule has 0 radical (unpaired) electrons. The molecule has 33 heavy (non-hydrogen) atoms. The second-order valence-electron chi connectivity index (χ2n) is 7.04. The number of carbonyl (C=O) groups is 1. The number of aromatic nitrogens is 4. The number of carbonyl (C=O) groups excluding carboxylic acids is 1. The molecule has 2 aromatic carbocycles. The highest BCUT2D eigenvalue weighted by Crippen LogP contribution is 2.24. The zero-order valence-electron chi connectivity index (χ0n) is 17.4. The van der Waals surface area contributed by atoms with Crippen LogP contribution >= 0.6 is 23.1 Å². The smallest absolute Gasteiger partial charge is 0.282 e. The second-order valence-corrected chi connectivity index (χ2v) is 9.05. The molecule has 1 amide bonds. The van der Waals surface area contributed by atoms with Gasteiger partial charge in [0.1, 0.15) is 10.8 Å². The number of aliphatic hydroxyl groups is 1. The zero-order chi connectivity index (χ0) is 23.2. The Bertz CT molecular complexity index is 1320. The van der Waals surface area contributed by atoms with Crippen molar-refractivity contribution in [2.45, 2.75) is 30.4 Å². The topological polar surface area (TPSA) is 110 Å². The van der Waals surface area contributed by atoms with Crippen LogP contribution in [0.4, 0.5) is 4.39 Å². The van der Waals surface area contributed by atoms with Crippen molar-refractivity contribution in [3.63, 3.8) is 0 Å². The Hall–Kier alpha value is -3.15. The minimum atomic E-state index is -0.364. The molecule has 2 N–H and O–H groups in total. The van der Waals surface area contributed by atoms with Gasteiger partial charge in [-0.25, -0.2) is 9.37 Å². The summed E-state index contributed by atoms with van der Waals surface area (Å²) in [6, 6.07) is 13.0. The average Bonchev–Trinajstić information content (AvgIpc) is 3.31. The fourth-order valence-electron chi connectivity index (χ4n) is 3.07. The lowest BCUT2D eigenvalue weighted by atomic mass is 10.2. The number of thioether (sulfide) groups is 1. The van der Waals surface area contributed by atoms with Gasteiger partial charge < -0.3 is 10.4 Å². The summed E-state index contributed by atoms with van der Waals surface area (Å²) in [7, 11) is 0. The highest BCUT2D eigenvalue weighted by Gasteiger charge is 2.15. The van der Waals surface area contributed by atoms with Gasteiger partial charge in [-0.15, -0.1) is 10.2 Å². The number of para-hydroxylation sites is 1. The van der Waals surface area contributed by atoms with Gasteiger partial charge in [0.25, 0.3) is 11.5 Å². The van der Waals surface area contributed by atoms with Gasteiger partial charge in [0.2, 0.25) is 5.01 Å². The van der Waals surface area contributed by atoms with Crippen LogP contribution in [-0.2, 0) is 18.8 Å². The number of nitrogens with one attached hydrogen (secondary N) is 1. The molecule has 0 saturated heterocycles. The number of amides is 1. The molecule has 8 nitrogen and oxygen atoms in total. The van der Waals surface area contributed by atoms with Crippen LogP contribution in [0.1, 0.15) is 26.8 Å². The van der Waals surface area contributed by atoms with Crippen LogP contribution in [0.5, 0.6) is 0 Å². The molecule has 0 spiro atoms. The minimum Gasteiger partial charge on any atom is -0.396 e. The third kappa shape index (κ3) is 5.62. The van der Waals surface area contributed by atoms with Crippen molar-refractivity contribution in [1.82, 2.24) is 25.1 Å². The van der Waals surface area contributed by atoms with Crippen molar-refractivity contribution in [3.05, 3.63) is 80.3 Å². The SMILES string of the molecule is O=C(NCc1ccc(F)cc1)c1nnc(CSc2nc3ccccc3c(=O)n2CCCO)s1. The molecule has 0 aliphatic heterocycles. The third-order valence-corrected chi connectivity index (χ3v) is 6.81. The summed E-state index contributed by atoms with van der Waals surface area (Å²) >= 11 is 2.49. The summed E-state index contributed by atoms with van der Waals surface area (Å²) in [5.41, 5.74) is 1.21. The number of nitrogens with zero attached hydrogens (tertiary/aromatic N) is 4. The molecule has 170 valence electrons. The second kappa shape index (κ2) is 10.6. The van der Waals surface area contributed by atoms with E-state index in [9.17, 15) is 19.1 Å². The third-order valence-electron chi connectivity index (χ3n) is 4.72. The number of fused-ring (bicyclic) bond motifs is 1. The lowest BCUT2D eigenvalue weighted by Gasteiger charge is -2.12. The van der Waals surface area contributed by atoms with Crippen molar-refractivity contribution in [2.75, 3.05) is 6.61 Å². The average molecular weight is 486 g/mol. The molecule has 2 aromatic heterocycles. The van der Waals surface area contributed by atoms with Gasteiger partial charge in [-0.2, -0.15) is 0 Å².